The van der Waals surface area contributed by atoms with Gasteiger partial charge in [0.15, 0.2) is 5.95 Å². The third kappa shape index (κ3) is 3.59. The Kier molecular flexibility index (Phi) is 5.06. The lowest BCUT2D eigenvalue weighted by Gasteiger charge is -2.09. The van der Waals surface area contributed by atoms with Gasteiger partial charge in [-0.05, 0) is 25.5 Å². The largest absolute Gasteiger partial charge is 0.369 e. The SMILES string of the molecule is CCNC(=O)/C(C)=C/c1c(-c2ccccc2)[nH]c(N)nc1=S. The molecule has 114 valence electrons. The number of hydrogen-bond acceptors (Lipinski definition) is 4. The van der Waals surface area contributed by atoms with Crippen LogP contribution in [0.2, 0.25) is 0 Å². The van der Waals surface area contributed by atoms with E-state index in [-0.39, 0.29) is 11.9 Å². The number of hydrogen-bond donors (Lipinski definition) is 3. The van der Waals surface area contributed by atoms with Gasteiger partial charge in [0.05, 0.1) is 5.69 Å². The minimum Gasteiger partial charge on any atom is -0.369 e. The Labute approximate surface area is 134 Å². The first kappa shape index (κ1) is 15.9. The van der Waals surface area contributed by atoms with Crippen LogP contribution in [0, 0.1) is 4.64 Å². The van der Waals surface area contributed by atoms with Crippen molar-refractivity contribution in [1.82, 2.24) is 15.3 Å². The molecule has 1 aromatic carbocycles. The van der Waals surface area contributed by atoms with Gasteiger partial charge in [-0.2, -0.15) is 0 Å². The number of nitrogens with zero attached hydrogens (tertiary/aromatic N) is 1. The summed E-state index contributed by atoms with van der Waals surface area (Å²) in [7, 11) is 0. The molecule has 1 amide bonds. The summed E-state index contributed by atoms with van der Waals surface area (Å²) >= 11 is 5.31. The standard InChI is InChI=1S/C16H18N4OS/c1-3-18-14(21)10(2)9-12-13(11-7-5-4-6-8-11)19-16(17)20-15(12)22/h4-9H,3H2,1-2H3,(H,18,21)(H3,17,19,20,22)/b10-9+. The molecule has 0 bridgehead atoms. The van der Waals surface area contributed by atoms with Crippen LogP contribution in [0.1, 0.15) is 19.4 Å². The van der Waals surface area contributed by atoms with Crippen LogP contribution in [-0.4, -0.2) is 22.4 Å². The first-order valence-corrected chi connectivity index (χ1v) is 7.35. The van der Waals surface area contributed by atoms with Gasteiger partial charge in [-0.1, -0.05) is 42.5 Å². The summed E-state index contributed by atoms with van der Waals surface area (Å²) < 4.78 is 0.360. The second-order valence-electron chi connectivity index (χ2n) is 4.77. The summed E-state index contributed by atoms with van der Waals surface area (Å²) in [6, 6.07) is 9.66. The molecule has 0 saturated carbocycles. The Morgan fingerprint density at radius 2 is 2.09 bits per heavy atom. The van der Waals surface area contributed by atoms with Crippen LogP contribution in [0.5, 0.6) is 0 Å². The molecule has 0 fully saturated rings. The lowest BCUT2D eigenvalue weighted by Crippen LogP contribution is -2.23. The summed E-state index contributed by atoms with van der Waals surface area (Å²) in [5.41, 5.74) is 8.69. The minimum atomic E-state index is -0.132. The molecule has 0 unspecified atom stereocenters. The van der Waals surface area contributed by atoms with Gasteiger partial charge in [0.1, 0.15) is 4.64 Å². The van der Waals surface area contributed by atoms with Crippen LogP contribution < -0.4 is 11.1 Å². The van der Waals surface area contributed by atoms with Crippen molar-refractivity contribution in [2.45, 2.75) is 13.8 Å². The zero-order valence-electron chi connectivity index (χ0n) is 12.5. The number of anilines is 1. The topological polar surface area (TPSA) is 83.8 Å². The number of amides is 1. The lowest BCUT2D eigenvalue weighted by atomic mass is 10.0. The minimum absolute atomic E-state index is 0.132. The number of aromatic nitrogens is 2. The van der Waals surface area contributed by atoms with Crippen molar-refractivity contribution in [3.63, 3.8) is 0 Å². The van der Waals surface area contributed by atoms with E-state index < -0.39 is 0 Å². The number of nitrogens with one attached hydrogen (secondary N) is 2. The summed E-state index contributed by atoms with van der Waals surface area (Å²) in [5, 5.41) is 2.76. The first-order valence-electron chi connectivity index (χ1n) is 6.94. The van der Waals surface area contributed by atoms with Crippen molar-refractivity contribution in [2.75, 3.05) is 12.3 Å². The number of nitrogen functional groups attached to an aromatic ring is 1. The van der Waals surface area contributed by atoms with E-state index in [1.54, 1.807) is 13.0 Å². The molecule has 2 rings (SSSR count). The van der Waals surface area contributed by atoms with Crippen LogP contribution >= 0.6 is 12.2 Å². The molecular formula is C16H18N4OS. The zero-order valence-corrected chi connectivity index (χ0v) is 13.3. The number of likely N-dealkylation sites (N-methyl/N-ethyl adjacent to an activating group) is 1. The van der Waals surface area contributed by atoms with Crippen molar-refractivity contribution in [3.8, 4) is 11.3 Å². The van der Waals surface area contributed by atoms with Crippen LogP contribution in [-0.2, 0) is 4.79 Å². The Hall–Kier alpha value is -2.47. The van der Waals surface area contributed by atoms with E-state index in [0.717, 1.165) is 11.3 Å². The average molecular weight is 314 g/mol. The molecule has 0 atom stereocenters. The molecule has 2 aromatic rings. The highest BCUT2D eigenvalue weighted by Gasteiger charge is 2.10. The third-order valence-electron chi connectivity index (χ3n) is 3.09. The van der Waals surface area contributed by atoms with Gasteiger partial charge in [0.2, 0.25) is 5.91 Å². The Morgan fingerprint density at radius 3 is 2.73 bits per heavy atom. The van der Waals surface area contributed by atoms with Gasteiger partial charge in [0.25, 0.3) is 0 Å². The normalized spacial score (nSPS) is 11.3. The molecule has 0 spiro atoms. The summed E-state index contributed by atoms with van der Waals surface area (Å²) in [5.74, 6) is 0.115. The Balaban J connectivity index is 2.59. The molecule has 0 aliphatic rings. The van der Waals surface area contributed by atoms with E-state index in [1.807, 2.05) is 37.3 Å². The Morgan fingerprint density at radius 1 is 1.41 bits per heavy atom. The number of carbonyl (C=O) groups is 1. The van der Waals surface area contributed by atoms with E-state index >= 15 is 0 Å². The number of H-pyrrole nitrogens is 1. The fraction of sp³-hybridized carbons (Fsp3) is 0.188. The average Bonchev–Trinajstić information content (AvgIpc) is 2.50. The quantitative estimate of drug-likeness (QED) is 0.598. The van der Waals surface area contributed by atoms with Gasteiger partial charge < -0.3 is 16.0 Å². The molecule has 0 aliphatic heterocycles. The van der Waals surface area contributed by atoms with Gasteiger partial charge in [0, 0.05) is 17.7 Å². The second kappa shape index (κ2) is 7.00. The highest BCUT2D eigenvalue weighted by molar-refractivity contribution is 7.71. The molecular weight excluding hydrogens is 296 g/mol. The van der Waals surface area contributed by atoms with Crippen LogP contribution in [0.15, 0.2) is 35.9 Å². The molecule has 5 nitrogen and oxygen atoms in total. The first-order chi connectivity index (χ1) is 10.5. The highest BCUT2D eigenvalue weighted by atomic mass is 32.1. The number of benzene rings is 1. The fourth-order valence-corrected chi connectivity index (χ4v) is 2.31. The second-order valence-corrected chi connectivity index (χ2v) is 5.16. The van der Waals surface area contributed by atoms with E-state index in [2.05, 4.69) is 15.3 Å². The predicted molar refractivity (Wildman–Crippen MR) is 91.6 cm³/mol. The monoisotopic (exact) mass is 314 g/mol. The van der Waals surface area contributed by atoms with E-state index in [9.17, 15) is 4.79 Å². The smallest absolute Gasteiger partial charge is 0.246 e. The van der Waals surface area contributed by atoms with E-state index in [4.69, 9.17) is 18.0 Å². The molecule has 0 aliphatic carbocycles. The molecule has 0 saturated heterocycles. The van der Waals surface area contributed by atoms with Crippen LogP contribution in [0.3, 0.4) is 0 Å². The molecule has 6 heteroatoms. The van der Waals surface area contributed by atoms with Crippen molar-refractivity contribution < 1.29 is 4.79 Å². The predicted octanol–water partition coefficient (Wildman–Crippen LogP) is 2.93. The van der Waals surface area contributed by atoms with Gasteiger partial charge in [-0.25, -0.2) is 4.98 Å². The number of rotatable bonds is 4. The lowest BCUT2D eigenvalue weighted by molar-refractivity contribution is -0.117. The Bertz CT molecular complexity index is 765. The van der Waals surface area contributed by atoms with E-state index in [1.165, 1.54) is 0 Å². The fourth-order valence-electron chi connectivity index (χ4n) is 2.05. The summed E-state index contributed by atoms with van der Waals surface area (Å²) in [6.45, 7) is 4.19. The van der Waals surface area contributed by atoms with Crippen molar-refractivity contribution in [2.24, 2.45) is 0 Å². The van der Waals surface area contributed by atoms with Crippen molar-refractivity contribution >= 4 is 30.1 Å². The molecule has 4 N–H and O–H groups in total. The number of carbonyl (C=O) groups excluding carboxylic acids is 1. The van der Waals surface area contributed by atoms with Crippen LogP contribution in [0.4, 0.5) is 5.95 Å². The molecule has 22 heavy (non-hydrogen) atoms. The zero-order chi connectivity index (χ0) is 16.1. The summed E-state index contributed by atoms with van der Waals surface area (Å²) in [6.07, 6.45) is 1.73. The summed E-state index contributed by atoms with van der Waals surface area (Å²) in [4.78, 5) is 19.0. The van der Waals surface area contributed by atoms with Gasteiger partial charge in [-0.3, -0.25) is 4.79 Å². The van der Waals surface area contributed by atoms with Crippen LogP contribution in [0.25, 0.3) is 17.3 Å². The maximum Gasteiger partial charge on any atom is 0.246 e. The van der Waals surface area contributed by atoms with Gasteiger partial charge >= 0.3 is 0 Å². The number of nitrogens with two attached hydrogens (primary N) is 1. The molecule has 0 radical (unpaired) electrons. The number of aromatic amines is 1. The van der Waals surface area contributed by atoms with Gasteiger partial charge in [-0.15, -0.1) is 0 Å². The maximum absolute atomic E-state index is 11.9. The molecule has 1 heterocycles. The van der Waals surface area contributed by atoms with Crippen molar-refractivity contribution in [3.05, 3.63) is 46.1 Å². The highest BCUT2D eigenvalue weighted by Crippen LogP contribution is 2.24. The third-order valence-corrected chi connectivity index (χ3v) is 3.40. The maximum atomic E-state index is 11.9. The van der Waals surface area contributed by atoms with E-state index in [0.29, 0.717) is 22.3 Å². The van der Waals surface area contributed by atoms with Crippen molar-refractivity contribution in [1.29, 1.82) is 0 Å². The molecule has 1 aromatic heterocycles.